The topological polar surface area (TPSA) is 149 Å². The summed E-state index contributed by atoms with van der Waals surface area (Å²) in [5.74, 6) is 0.289. The Morgan fingerprint density at radius 2 is 1.55 bits per heavy atom. The Morgan fingerprint density at radius 1 is 0.906 bits per heavy atom. The first-order chi connectivity index (χ1) is 26.0. The number of carbonyl (C=O) groups is 1. The second-order valence-electron chi connectivity index (χ2n) is 12.3. The van der Waals surface area contributed by atoms with E-state index in [-0.39, 0.29) is 43.5 Å². The SMILES string of the molecule is CC/C=C\C/C=C\C/C=C\C/C=C\C/C=C\C/C=C\CCC(=O)NCCNP(=O)(OC[C@@H]1CCC(n2cnc3c(=O)nc[nH]c32)O1)Oc1ccccc1. The van der Waals surface area contributed by atoms with Crippen LogP contribution >= 0.6 is 7.75 Å². The van der Waals surface area contributed by atoms with Crippen LogP contribution in [0, 0.1) is 0 Å². The summed E-state index contributed by atoms with van der Waals surface area (Å²) < 4.78 is 33.3. The number of H-pyrrole nitrogens is 1. The van der Waals surface area contributed by atoms with Gasteiger partial charge in [0.1, 0.15) is 17.6 Å². The molecule has 0 radical (unpaired) electrons. The van der Waals surface area contributed by atoms with E-state index < -0.39 is 13.3 Å². The lowest BCUT2D eigenvalue weighted by atomic mass is 10.2. The molecule has 0 bridgehead atoms. The van der Waals surface area contributed by atoms with Crippen LogP contribution in [-0.4, -0.2) is 51.2 Å². The van der Waals surface area contributed by atoms with Crippen LogP contribution in [0.25, 0.3) is 11.2 Å². The molecule has 1 aliphatic rings. The monoisotopic (exact) mass is 744 g/mol. The van der Waals surface area contributed by atoms with Gasteiger partial charge in [-0.1, -0.05) is 98.0 Å². The number of aromatic amines is 1. The van der Waals surface area contributed by atoms with E-state index in [1.165, 1.54) is 6.33 Å². The second-order valence-corrected chi connectivity index (χ2v) is 14.0. The predicted octanol–water partition coefficient (Wildman–Crippen LogP) is 8.18. The summed E-state index contributed by atoms with van der Waals surface area (Å²) in [6.07, 6.45) is 36.0. The molecule has 284 valence electrons. The third-order valence-electron chi connectivity index (χ3n) is 8.06. The van der Waals surface area contributed by atoms with Gasteiger partial charge < -0.3 is 19.6 Å². The van der Waals surface area contributed by atoms with Crippen LogP contribution in [-0.2, 0) is 18.6 Å². The minimum absolute atomic E-state index is 0.0105. The smallest absolute Gasteiger partial charge is 0.413 e. The van der Waals surface area contributed by atoms with Crippen LogP contribution in [0.2, 0.25) is 0 Å². The Balaban J connectivity index is 1.09. The van der Waals surface area contributed by atoms with Gasteiger partial charge in [-0.2, -0.15) is 4.98 Å². The highest BCUT2D eigenvalue weighted by atomic mass is 31.2. The van der Waals surface area contributed by atoms with E-state index in [2.05, 4.69) is 99.1 Å². The predicted molar refractivity (Wildman–Crippen MR) is 210 cm³/mol. The Hall–Kier alpha value is -4.61. The largest absolute Gasteiger partial charge is 0.458 e. The number of fused-ring (bicyclic) bond motifs is 1. The molecule has 3 N–H and O–H groups in total. The van der Waals surface area contributed by atoms with Crippen molar-refractivity contribution < 1.29 is 23.1 Å². The number of nitrogens with zero attached hydrogens (tertiary/aromatic N) is 3. The highest BCUT2D eigenvalue weighted by Gasteiger charge is 2.33. The molecule has 1 amide bonds. The fraction of sp³-hybridized carbons (Fsp3) is 0.400. The summed E-state index contributed by atoms with van der Waals surface area (Å²) in [7, 11) is -3.82. The van der Waals surface area contributed by atoms with Crippen LogP contribution in [0.5, 0.6) is 5.75 Å². The van der Waals surface area contributed by atoms with E-state index in [9.17, 15) is 14.2 Å². The fourth-order valence-corrected chi connectivity index (χ4v) is 6.70. The number of amides is 1. The Kier molecular flexibility index (Phi) is 18.5. The van der Waals surface area contributed by atoms with E-state index in [0.717, 1.165) is 38.5 Å². The Morgan fingerprint density at radius 3 is 2.21 bits per heavy atom. The third kappa shape index (κ3) is 15.5. The van der Waals surface area contributed by atoms with Gasteiger partial charge in [0.2, 0.25) is 5.91 Å². The summed E-state index contributed by atoms with van der Waals surface area (Å²) in [4.78, 5) is 35.2. The number of para-hydroxylation sites is 1. The van der Waals surface area contributed by atoms with Crippen molar-refractivity contribution in [1.82, 2.24) is 29.9 Å². The van der Waals surface area contributed by atoms with Crippen molar-refractivity contribution in [1.29, 1.82) is 0 Å². The summed E-state index contributed by atoms with van der Waals surface area (Å²) in [5.41, 5.74) is 0.346. The maximum atomic E-state index is 13.8. The van der Waals surface area contributed by atoms with Crippen molar-refractivity contribution in [2.24, 2.45) is 0 Å². The number of carbonyl (C=O) groups excluding carboxylic acids is 1. The number of hydrogen-bond donors (Lipinski definition) is 3. The van der Waals surface area contributed by atoms with Gasteiger partial charge in [-0.25, -0.2) is 14.6 Å². The molecule has 53 heavy (non-hydrogen) atoms. The van der Waals surface area contributed by atoms with E-state index in [1.54, 1.807) is 35.2 Å². The summed E-state index contributed by atoms with van der Waals surface area (Å²) in [5, 5.41) is 5.72. The van der Waals surface area contributed by atoms with E-state index in [0.29, 0.717) is 37.1 Å². The van der Waals surface area contributed by atoms with Crippen molar-refractivity contribution in [3.63, 3.8) is 0 Å². The second kappa shape index (κ2) is 23.9. The molecule has 13 heteroatoms. The highest BCUT2D eigenvalue weighted by molar-refractivity contribution is 7.52. The zero-order chi connectivity index (χ0) is 37.4. The van der Waals surface area contributed by atoms with Crippen LogP contribution in [0.4, 0.5) is 0 Å². The number of benzene rings is 1. The number of nitrogens with one attached hydrogen (secondary N) is 3. The van der Waals surface area contributed by atoms with Crippen molar-refractivity contribution in [3.05, 3.63) is 126 Å². The van der Waals surface area contributed by atoms with Crippen molar-refractivity contribution in [2.75, 3.05) is 19.7 Å². The minimum atomic E-state index is -3.82. The molecule has 4 rings (SSSR count). The van der Waals surface area contributed by atoms with Gasteiger partial charge in [-0.3, -0.25) is 18.7 Å². The molecular weight excluding hydrogens is 691 g/mol. The van der Waals surface area contributed by atoms with Gasteiger partial charge in [0.15, 0.2) is 5.52 Å². The Bertz CT molecular complexity index is 1810. The molecule has 1 saturated heterocycles. The van der Waals surface area contributed by atoms with Gasteiger partial charge in [0.25, 0.3) is 0 Å². The molecular formula is C40H53N6O6P. The molecule has 1 aromatic carbocycles. The Labute approximate surface area is 312 Å². The molecule has 0 aliphatic carbocycles. The minimum Gasteiger partial charge on any atom is -0.413 e. The first kappa shape index (κ1) is 41.2. The molecule has 12 nitrogen and oxygen atoms in total. The molecule has 0 spiro atoms. The first-order valence-electron chi connectivity index (χ1n) is 18.4. The summed E-state index contributed by atoms with van der Waals surface area (Å²) >= 11 is 0. The zero-order valence-corrected chi connectivity index (χ0v) is 31.4. The van der Waals surface area contributed by atoms with Crippen LogP contribution in [0.15, 0.2) is 121 Å². The summed E-state index contributed by atoms with van der Waals surface area (Å²) in [6.45, 7) is 2.57. The van der Waals surface area contributed by atoms with Gasteiger partial charge in [0, 0.05) is 19.5 Å². The van der Waals surface area contributed by atoms with Gasteiger partial charge in [-0.05, 0) is 69.9 Å². The van der Waals surface area contributed by atoms with E-state index in [1.807, 2.05) is 12.1 Å². The van der Waals surface area contributed by atoms with Crippen molar-refractivity contribution in [3.8, 4) is 5.75 Å². The number of imidazole rings is 1. The lowest BCUT2D eigenvalue weighted by Gasteiger charge is -2.22. The standard InChI is InChI=1S/C40H53N6O6P/c1-2-3-4-5-6-7-8-9-10-11-12-13-14-15-16-17-18-19-23-26-36(47)41-29-30-45-53(49,52-34-24-21-20-22-25-34)50-31-35-27-28-37(51-35)46-33-44-38-39(46)42-32-43-40(38)48/h3-4,6-7,9-10,12-13,15-16,18-22,24-25,32-33,35,37H,2,5,8,11,14,17,23,26-31H2,1H3,(H,41,47)(H,45,49)(H,42,43,48)/b4-3-,7-6-,10-9-,13-12-,16-15-,19-18-/t35-,37?,53?/m0/s1. The molecule has 0 saturated carbocycles. The molecule has 2 unspecified atom stereocenters. The number of rotatable bonds is 24. The lowest BCUT2D eigenvalue weighted by Crippen LogP contribution is -2.32. The molecule has 1 fully saturated rings. The number of aromatic nitrogens is 4. The molecule has 3 atom stereocenters. The molecule has 2 aromatic heterocycles. The van der Waals surface area contributed by atoms with Gasteiger partial charge in [-0.15, -0.1) is 0 Å². The van der Waals surface area contributed by atoms with Crippen molar-refractivity contribution >= 4 is 24.8 Å². The van der Waals surface area contributed by atoms with E-state index in [4.69, 9.17) is 13.8 Å². The number of allylic oxidation sites excluding steroid dienone is 12. The van der Waals surface area contributed by atoms with Crippen LogP contribution in [0.3, 0.4) is 0 Å². The summed E-state index contributed by atoms with van der Waals surface area (Å²) in [6, 6.07) is 8.76. The molecule has 3 heterocycles. The fourth-order valence-electron chi connectivity index (χ4n) is 5.35. The third-order valence-corrected chi connectivity index (χ3v) is 9.61. The zero-order valence-electron chi connectivity index (χ0n) is 30.6. The van der Waals surface area contributed by atoms with E-state index >= 15 is 0 Å². The quantitative estimate of drug-likeness (QED) is 0.0469. The van der Waals surface area contributed by atoms with Crippen LogP contribution in [0.1, 0.15) is 77.4 Å². The highest BCUT2D eigenvalue weighted by Crippen LogP contribution is 2.45. The average molecular weight is 745 g/mol. The number of hydrogen-bond acceptors (Lipinski definition) is 8. The van der Waals surface area contributed by atoms with Gasteiger partial charge >= 0.3 is 13.3 Å². The number of ether oxygens (including phenoxy) is 1. The maximum Gasteiger partial charge on any atom is 0.458 e. The lowest BCUT2D eigenvalue weighted by molar-refractivity contribution is -0.120. The molecule has 3 aromatic rings. The van der Waals surface area contributed by atoms with Gasteiger partial charge in [0.05, 0.1) is 25.4 Å². The average Bonchev–Trinajstić information content (AvgIpc) is 3.82. The maximum absolute atomic E-state index is 13.8. The molecule has 1 aliphatic heterocycles. The normalized spacial score (nSPS) is 17.8. The van der Waals surface area contributed by atoms with Crippen LogP contribution < -0.4 is 20.5 Å². The van der Waals surface area contributed by atoms with Crippen molar-refractivity contribution in [2.45, 2.75) is 83.5 Å². The first-order valence-corrected chi connectivity index (χ1v) is 20.0.